The minimum absolute atomic E-state index is 0.842. The van der Waals surface area contributed by atoms with E-state index in [4.69, 9.17) is 23.2 Å². The van der Waals surface area contributed by atoms with E-state index in [0.717, 1.165) is 13.8 Å². The maximum atomic E-state index is 12.1. The molecule has 2 unspecified atom stereocenters. The van der Waals surface area contributed by atoms with Crippen LogP contribution in [-0.2, 0) is 4.74 Å². The zero-order valence-corrected chi connectivity index (χ0v) is 6.43. The minimum Gasteiger partial charge on any atom is -0.283 e. The Morgan fingerprint density at radius 1 is 1.11 bits per heavy atom. The number of hydrogen-bond donors (Lipinski definition) is 0. The molecule has 9 heavy (non-hydrogen) atoms. The van der Waals surface area contributed by atoms with Crippen molar-refractivity contribution in [3.05, 3.63) is 0 Å². The van der Waals surface area contributed by atoms with Crippen LogP contribution in [0.5, 0.6) is 0 Å². The first-order chi connectivity index (χ1) is 3.71. The molecule has 0 spiro atoms. The van der Waals surface area contributed by atoms with Crippen LogP contribution in [0.1, 0.15) is 13.8 Å². The van der Waals surface area contributed by atoms with Crippen LogP contribution in [0.4, 0.5) is 8.78 Å². The van der Waals surface area contributed by atoms with E-state index < -0.39 is 10.6 Å². The van der Waals surface area contributed by atoms with Crippen molar-refractivity contribution in [2.24, 2.45) is 0 Å². The Bertz CT molecular complexity index is 81.7. The molecule has 56 valence electrons. The number of ether oxygens (including phenoxy) is 1. The average Bonchev–Trinajstić information content (AvgIpc) is 1.14. The first-order valence-electron chi connectivity index (χ1n) is 2.16. The standard InChI is InChI=1S/C4H6Cl2F2O/c1-3(5,7)9-4(2,6)8/h1-2H3. The number of alkyl halides is 4. The van der Waals surface area contributed by atoms with E-state index in [0.29, 0.717) is 0 Å². The Hall–Kier alpha value is 0.400. The van der Waals surface area contributed by atoms with Gasteiger partial charge in [0.15, 0.2) is 0 Å². The molecule has 2 atom stereocenters. The summed E-state index contributed by atoms with van der Waals surface area (Å²) in [7, 11) is 0. The highest BCUT2D eigenvalue weighted by Gasteiger charge is 2.32. The summed E-state index contributed by atoms with van der Waals surface area (Å²) >= 11 is 9.61. The van der Waals surface area contributed by atoms with Gasteiger partial charge in [-0.3, -0.25) is 4.74 Å². The van der Waals surface area contributed by atoms with Gasteiger partial charge in [-0.25, -0.2) is 0 Å². The van der Waals surface area contributed by atoms with E-state index in [-0.39, 0.29) is 0 Å². The molecule has 0 fully saturated rings. The first kappa shape index (κ1) is 9.40. The van der Waals surface area contributed by atoms with Gasteiger partial charge in [-0.05, 0) is 0 Å². The fourth-order valence-corrected chi connectivity index (χ4v) is 0.644. The summed E-state index contributed by atoms with van der Waals surface area (Å²) in [5, 5.41) is -5.10. The van der Waals surface area contributed by atoms with E-state index >= 15 is 0 Å². The summed E-state index contributed by atoms with van der Waals surface area (Å²) in [5.41, 5.74) is 0. The predicted octanol–water partition coefficient (Wildman–Crippen LogP) is 2.77. The van der Waals surface area contributed by atoms with Crippen molar-refractivity contribution in [2.75, 3.05) is 0 Å². The highest BCUT2D eigenvalue weighted by molar-refractivity contribution is 6.23. The van der Waals surface area contributed by atoms with Crippen molar-refractivity contribution in [3.63, 3.8) is 0 Å². The van der Waals surface area contributed by atoms with Crippen molar-refractivity contribution in [2.45, 2.75) is 24.5 Å². The molecule has 0 aromatic rings. The zero-order chi connectivity index (χ0) is 7.71. The molecular formula is C4H6Cl2F2O. The van der Waals surface area contributed by atoms with Crippen molar-refractivity contribution < 1.29 is 13.5 Å². The van der Waals surface area contributed by atoms with E-state index in [1.54, 1.807) is 0 Å². The smallest absolute Gasteiger partial charge is 0.283 e. The van der Waals surface area contributed by atoms with Gasteiger partial charge >= 0.3 is 0 Å². The monoisotopic (exact) mass is 178 g/mol. The Kier molecular flexibility index (Phi) is 2.68. The molecule has 0 aromatic carbocycles. The average molecular weight is 179 g/mol. The van der Waals surface area contributed by atoms with Crippen LogP contribution < -0.4 is 0 Å². The Morgan fingerprint density at radius 3 is 1.33 bits per heavy atom. The second-order valence-electron chi connectivity index (χ2n) is 1.72. The SMILES string of the molecule is CC(F)(Cl)OC(C)(F)Cl. The summed E-state index contributed by atoms with van der Waals surface area (Å²) in [6.07, 6.45) is 0. The molecule has 1 nitrogen and oxygen atoms in total. The first-order valence-corrected chi connectivity index (χ1v) is 2.92. The summed E-state index contributed by atoms with van der Waals surface area (Å²) in [4.78, 5) is 0. The van der Waals surface area contributed by atoms with Crippen LogP contribution in [0, 0.1) is 0 Å². The third-order valence-electron chi connectivity index (χ3n) is 0.358. The molecule has 0 saturated carbocycles. The molecule has 5 heteroatoms. The van der Waals surface area contributed by atoms with E-state index in [2.05, 4.69) is 4.74 Å². The molecule has 0 saturated heterocycles. The highest BCUT2D eigenvalue weighted by Crippen LogP contribution is 2.29. The quantitative estimate of drug-likeness (QED) is 0.592. The summed E-state index contributed by atoms with van der Waals surface area (Å²) in [6.45, 7) is 1.68. The number of halogens is 4. The van der Waals surface area contributed by atoms with E-state index in [9.17, 15) is 8.78 Å². The second-order valence-corrected chi connectivity index (χ2v) is 3.07. The summed E-state index contributed by atoms with van der Waals surface area (Å²) in [6, 6.07) is 0. The maximum Gasteiger partial charge on any atom is 0.286 e. The van der Waals surface area contributed by atoms with Gasteiger partial charge < -0.3 is 0 Å². The third-order valence-corrected chi connectivity index (χ3v) is 0.513. The second kappa shape index (κ2) is 2.56. The van der Waals surface area contributed by atoms with Crippen LogP contribution in [0.3, 0.4) is 0 Å². The van der Waals surface area contributed by atoms with Gasteiger partial charge in [0.1, 0.15) is 0 Å². The van der Waals surface area contributed by atoms with Crippen LogP contribution in [0.2, 0.25) is 0 Å². The largest absolute Gasteiger partial charge is 0.286 e. The zero-order valence-electron chi connectivity index (χ0n) is 4.92. The number of hydrogen-bond acceptors (Lipinski definition) is 1. The molecule has 0 aliphatic carbocycles. The van der Waals surface area contributed by atoms with Gasteiger partial charge in [0.25, 0.3) is 10.6 Å². The Labute approximate surface area is 61.9 Å². The van der Waals surface area contributed by atoms with Crippen molar-refractivity contribution >= 4 is 23.2 Å². The maximum absolute atomic E-state index is 12.1. The molecule has 0 rings (SSSR count). The molecule has 0 bridgehead atoms. The van der Waals surface area contributed by atoms with Gasteiger partial charge in [0, 0.05) is 13.8 Å². The van der Waals surface area contributed by atoms with E-state index in [1.807, 2.05) is 0 Å². The van der Waals surface area contributed by atoms with Crippen LogP contribution in [0.15, 0.2) is 0 Å². The highest BCUT2D eigenvalue weighted by atomic mass is 35.5. The van der Waals surface area contributed by atoms with Crippen LogP contribution in [0.25, 0.3) is 0 Å². The number of rotatable bonds is 2. The molecule has 0 aliphatic rings. The molecule has 0 radical (unpaired) electrons. The van der Waals surface area contributed by atoms with Gasteiger partial charge in [-0.2, -0.15) is 8.78 Å². The van der Waals surface area contributed by atoms with E-state index in [1.165, 1.54) is 0 Å². The lowest BCUT2D eigenvalue weighted by Gasteiger charge is -2.19. The van der Waals surface area contributed by atoms with Gasteiger partial charge in [0.05, 0.1) is 0 Å². The van der Waals surface area contributed by atoms with Crippen molar-refractivity contribution in [1.29, 1.82) is 0 Å². The van der Waals surface area contributed by atoms with Gasteiger partial charge in [-0.15, -0.1) is 0 Å². The molecule has 0 amide bonds. The lowest BCUT2D eigenvalue weighted by Crippen LogP contribution is -2.25. The molecule has 0 aromatic heterocycles. The normalized spacial score (nSPS) is 24.7. The lowest BCUT2D eigenvalue weighted by atomic mass is 10.7. The van der Waals surface area contributed by atoms with Crippen LogP contribution in [-0.4, -0.2) is 10.6 Å². The third kappa shape index (κ3) is 8.40. The molecule has 0 N–H and O–H groups in total. The topological polar surface area (TPSA) is 9.23 Å². The fourth-order valence-electron chi connectivity index (χ4n) is 0.315. The lowest BCUT2D eigenvalue weighted by molar-refractivity contribution is -0.173. The Morgan fingerprint density at radius 2 is 1.33 bits per heavy atom. The predicted molar refractivity (Wildman–Crippen MR) is 31.8 cm³/mol. The minimum atomic E-state index is -2.55. The van der Waals surface area contributed by atoms with Gasteiger partial charge in [-0.1, -0.05) is 23.2 Å². The van der Waals surface area contributed by atoms with Gasteiger partial charge in [0.2, 0.25) is 0 Å². The summed E-state index contributed by atoms with van der Waals surface area (Å²) < 4.78 is 28.0. The molecule has 0 aliphatic heterocycles. The Balaban J connectivity index is 3.75. The van der Waals surface area contributed by atoms with Crippen LogP contribution >= 0.6 is 23.2 Å². The summed E-state index contributed by atoms with van der Waals surface area (Å²) in [5.74, 6) is 0. The molecular weight excluding hydrogens is 173 g/mol. The molecule has 0 heterocycles. The fraction of sp³-hybridized carbons (Fsp3) is 1.00. The van der Waals surface area contributed by atoms with Crippen molar-refractivity contribution in [3.8, 4) is 0 Å². The van der Waals surface area contributed by atoms with Crippen molar-refractivity contribution in [1.82, 2.24) is 0 Å².